The van der Waals surface area contributed by atoms with E-state index in [0.717, 1.165) is 17.7 Å². The molecule has 1 heterocycles. The third kappa shape index (κ3) is 5.13. The van der Waals surface area contributed by atoms with Gasteiger partial charge in [-0.15, -0.1) is 0 Å². The average molecular weight is 379 g/mol. The van der Waals surface area contributed by atoms with Gasteiger partial charge in [-0.2, -0.15) is 0 Å². The Morgan fingerprint density at radius 3 is 2.39 bits per heavy atom. The standard InChI is InChI=1S/C22H25N3O3/c1-3-27-20-10-7-18(13-21(20)28-4-2)14-24-22(26)19-8-5-17(6-9-19)15-25-12-11-23-16-25/h5-13,16H,3-4,14-15H2,1-2H3,(H,24,26). The van der Waals surface area contributed by atoms with Gasteiger partial charge in [0.05, 0.1) is 19.5 Å². The fourth-order valence-electron chi connectivity index (χ4n) is 2.84. The maximum absolute atomic E-state index is 12.4. The summed E-state index contributed by atoms with van der Waals surface area (Å²) in [5, 5.41) is 2.95. The van der Waals surface area contributed by atoms with Crippen molar-refractivity contribution in [1.29, 1.82) is 0 Å². The zero-order valence-corrected chi connectivity index (χ0v) is 16.2. The topological polar surface area (TPSA) is 65.4 Å². The number of carbonyl (C=O) groups is 1. The number of imidazole rings is 1. The number of nitrogens with one attached hydrogen (secondary N) is 1. The van der Waals surface area contributed by atoms with E-state index in [2.05, 4.69) is 10.3 Å². The van der Waals surface area contributed by atoms with Crippen LogP contribution in [0.15, 0.2) is 61.2 Å². The predicted octanol–water partition coefficient (Wildman–Crippen LogP) is 3.66. The third-order valence-electron chi connectivity index (χ3n) is 4.20. The molecule has 0 unspecified atom stereocenters. The highest BCUT2D eigenvalue weighted by atomic mass is 16.5. The van der Waals surface area contributed by atoms with Crippen molar-refractivity contribution in [2.45, 2.75) is 26.9 Å². The lowest BCUT2D eigenvalue weighted by Gasteiger charge is -2.13. The Morgan fingerprint density at radius 2 is 1.71 bits per heavy atom. The van der Waals surface area contributed by atoms with Crippen LogP contribution < -0.4 is 14.8 Å². The van der Waals surface area contributed by atoms with Crippen molar-refractivity contribution in [3.05, 3.63) is 77.9 Å². The molecule has 0 atom stereocenters. The number of rotatable bonds is 9. The first-order valence-electron chi connectivity index (χ1n) is 9.41. The SMILES string of the molecule is CCOc1ccc(CNC(=O)c2ccc(Cn3ccnc3)cc2)cc1OCC. The number of benzene rings is 2. The highest BCUT2D eigenvalue weighted by Crippen LogP contribution is 2.28. The van der Waals surface area contributed by atoms with E-state index in [-0.39, 0.29) is 5.91 Å². The molecular formula is C22H25N3O3. The molecular weight excluding hydrogens is 354 g/mol. The molecule has 28 heavy (non-hydrogen) atoms. The predicted molar refractivity (Wildman–Crippen MR) is 108 cm³/mol. The van der Waals surface area contributed by atoms with Crippen molar-refractivity contribution in [2.75, 3.05) is 13.2 Å². The Balaban J connectivity index is 1.59. The van der Waals surface area contributed by atoms with E-state index in [4.69, 9.17) is 9.47 Å². The van der Waals surface area contributed by atoms with Gasteiger partial charge in [-0.3, -0.25) is 4.79 Å². The van der Waals surface area contributed by atoms with Gasteiger partial charge >= 0.3 is 0 Å². The van der Waals surface area contributed by atoms with Crippen molar-refractivity contribution in [3.8, 4) is 11.5 Å². The van der Waals surface area contributed by atoms with Gasteiger partial charge < -0.3 is 19.4 Å². The van der Waals surface area contributed by atoms with E-state index in [1.807, 2.05) is 67.1 Å². The van der Waals surface area contributed by atoms with Crippen LogP contribution in [0.4, 0.5) is 0 Å². The zero-order valence-electron chi connectivity index (χ0n) is 16.2. The lowest BCUT2D eigenvalue weighted by Crippen LogP contribution is -2.22. The van der Waals surface area contributed by atoms with Crippen molar-refractivity contribution < 1.29 is 14.3 Å². The van der Waals surface area contributed by atoms with Crippen LogP contribution in [0, 0.1) is 0 Å². The molecule has 3 aromatic rings. The smallest absolute Gasteiger partial charge is 0.251 e. The quantitative estimate of drug-likeness (QED) is 0.616. The minimum Gasteiger partial charge on any atom is -0.490 e. The molecule has 6 nitrogen and oxygen atoms in total. The van der Waals surface area contributed by atoms with E-state index in [9.17, 15) is 4.79 Å². The van der Waals surface area contributed by atoms with Crippen LogP contribution in [0.3, 0.4) is 0 Å². The van der Waals surface area contributed by atoms with E-state index < -0.39 is 0 Å². The first-order chi connectivity index (χ1) is 13.7. The number of amides is 1. The van der Waals surface area contributed by atoms with E-state index in [0.29, 0.717) is 36.8 Å². The highest BCUT2D eigenvalue weighted by Gasteiger charge is 2.09. The molecule has 1 amide bonds. The molecule has 6 heteroatoms. The Morgan fingerprint density at radius 1 is 1.00 bits per heavy atom. The molecule has 0 spiro atoms. The lowest BCUT2D eigenvalue weighted by molar-refractivity contribution is 0.0951. The second-order valence-corrected chi connectivity index (χ2v) is 6.26. The van der Waals surface area contributed by atoms with E-state index >= 15 is 0 Å². The second-order valence-electron chi connectivity index (χ2n) is 6.26. The number of ether oxygens (including phenoxy) is 2. The van der Waals surface area contributed by atoms with E-state index in [1.54, 1.807) is 12.5 Å². The molecule has 146 valence electrons. The van der Waals surface area contributed by atoms with Gasteiger partial charge in [0.2, 0.25) is 0 Å². The fraction of sp³-hybridized carbons (Fsp3) is 0.273. The molecule has 0 fully saturated rings. The minimum atomic E-state index is -0.110. The van der Waals surface area contributed by atoms with E-state index in [1.165, 1.54) is 0 Å². The normalized spacial score (nSPS) is 10.5. The van der Waals surface area contributed by atoms with Crippen molar-refractivity contribution >= 4 is 5.91 Å². The summed E-state index contributed by atoms with van der Waals surface area (Å²) in [4.78, 5) is 16.5. The number of carbonyl (C=O) groups excluding carboxylic acids is 1. The van der Waals surface area contributed by atoms with Gasteiger partial charge in [0.25, 0.3) is 5.91 Å². The van der Waals surface area contributed by atoms with Crippen molar-refractivity contribution in [2.24, 2.45) is 0 Å². The molecule has 3 rings (SSSR count). The summed E-state index contributed by atoms with van der Waals surface area (Å²) in [6.45, 7) is 6.15. The Labute approximate surface area is 165 Å². The molecule has 0 radical (unpaired) electrons. The van der Waals surface area contributed by atoms with Gasteiger partial charge in [0, 0.05) is 31.0 Å². The van der Waals surface area contributed by atoms with Gasteiger partial charge in [-0.1, -0.05) is 18.2 Å². The van der Waals surface area contributed by atoms with Gasteiger partial charge in [0.1, 0.15) is 0 Å². The number of aromatic nitrogens is 2. The summed E-state index contributed by atoms with van der Waals surface area (Å²) in [6, 6.07) is 13.3. The Hall–Kier alpha value is -3.28. The number of hydrogen-bond donors (Lipinski definition) is 1. The lowest BCUT2D eigenvalue weighted by atomic mass is 10.1. The summed E-state index contributed by atoms with van der Waals surface area (Å²) in [5.74, 6) is 1.30. The van der Waals surface area contributed by atoms with Crippen LogP contribution >= 0.6 is 0 Å². The monoisotopic (exact) mass is 379 g/mol. The van der Waals surface area contributed by atoms with Crippen LogP contribution in [0.1, 0.15) is 35.3 Å². The van der Waals surface area contributed by atoms with Crippen LogP contribution in [-0.2, 0) is 13.1 Å². The van der Waals surface area contributed by atoms with Crippen LogP contribution in [0.5, 0.6) is 11.5 Å². The molecule has 0 aliphatic rings. The number of hydrogen-bond acceptors (Lipinski definition) is 4. The first kappa shape index (κ1) is 19.5. The summed E-state index contributed by atoms with van der Waals surface area (Å²) in [5.41, 5.74) is 2.70. The minimum absolute atomic E-state index is 0.110. The fourth-order valence-corrected chi connectivity index (χ4v) is 2.84. The molecule has 1 aromatic heterocycles. The zero-order chi connectivity index (χ0) is 19.8. The van der Waals surface area contributed by atoms with Gasteiger partial charge in [-0.05, 0) is 49.2 Å². The molecule has 0 aliphatic heterocycles. The number of nitrogens with zero attached hydrogens (tertiary/aromatic N) is 2. The summed E-state index contributed by atoms with van der Waals surface area (Å²) in [7, 11) is 0. The van der Waals surface area contributed by atoms with Crippen LogP contribution in [0.2, 0.25) is 0 Å². The second kappa shape index (κ2) is 9.60. The van der Waals surface area contributed by atoms with Gasteiger partial charge in [-0.25, -0.2) is 4.98 Å². The third-order valence-corrected chi connectivity index (χ3v) is 4.20. The molecule has 0 saturated heterocycles. The van der Waals surface area contributed by atoms with Gasteiger partial charge in [0.15, 0.2) is 11.5 Å². The highest BCUT2D eigenvalue weighted by molar-refractivity contribution is 5.94. The van der Waals surface area contributed by atoms with Crippen molar-refractivity contribution in [1.82, 2.24) is 14.9 Å². The molecule has 2 aromatic carbocycles. The molecule has 0 bridgehead atoms. The molecule has 0 saturated carbocycles. The molecule has 0 aliphatic carbocycles. The summed E-state index contributed by atoms with van der Waals surface area (Å²) in [6.07, 6.45) is 5.43. The van der Waals surface area contributed by atoms with Crippen LogP contribution in [-0.4, -0.2) is 28.7 Å². The maximum Gasteiger partial charge on any atom is 0.251 e. The van der Waals surface area contributed by atoms with Crippen LogP contribution in [0.25, 0.3) is 0 Å². The summed E-state index contributed by atoms with van der Waals surface area (Å²) >= 11 is 0. The maximum atomic E-state index is 12.4. The Bertz CT molecular complexity index is 890. The molecule has 1 N–H and O–H groups in total. The van der Waals surface area contributed by atoms with Crippen molar-refractivity contribution in [3.63, 3.8) is 0 Å². The summed E-state index contributed by atoms with van der Waals surface area (Å²) < 4.78 is 13.2. The first-order valence-corrected chi connectivity index (χ1v) is 9.41. The average Bonchev–Trinajstić information content (AvgIpc) is 3.22. The largest absolute Gasteiger partial charge is 0.490 e. The Kier molecular flexibility index (Phi) is 6.68.